The van der Waals surface area contributed by atoms with Gasteiger partial charge in [-0.3, -0.25) is 4.90 Å². The Labute approximate surface area is 140 Å². The standard InChI is InChI=1S/C17H23BrN2S/c1-13(2)19-10-15-8-9-16(21-15)12-20(3)11-14-6-4-5-7-17(14)18/h4-9,13,19H,10-12H2,1-3H3. The molecule has 2 nitrogen and oxygen atoms in total. The van der Waals surface area contributed by atoms with Crippen LogP contribution in [0.4, 0.5) is 0 Å². The second kappa shape index (κ2) is 8.08. The lowest BCUT2D eigenvalue weighted by molar-refractivity contribution is 0.321. The number of halogens is 1. The zero-order valence-corrected chi connectivity index (χ0v) is 15.3. The maximum Gasteiger partial charge on any atom is 0.0328 e. The third-order valence-electron chi connectivity index (χ3n) is 3.23. The van der Waals surface area contributed by atoms with Crippen molar-refractivity contribution >= 4 is 27.3 Å². The van der Waals surface area contributed by atoms with Gasteiger partial charge in [-0.1, -0.05) is 48.0 Å². The average Bonchev–Trinajstić information content (AvgIpc) is 2.86. The van der Waals surface area contributed by atoms with E-state index in [2.05, 4.69) is 83.4 Å². The molecule has 0 amide bonds. The summed E-state index contributed by atoms with van der Waals surface area (Å²) in [5.74, 6) is 0. The number of thiophene rings is 1. The first-order chi connectivity index (χ1) is 10.0. The van der Waals surface area contributed by atoms with E-state index in [0.29, 0.717) is 6.04 Å². The van der Waals surface area contributed by atoms with Crippen molar-refractivity contribution in [1.29, 1.82) is 0 Å². The zero-order valence-electron chi connectivity index (χ0n) is 12.9. The van der Waals surface area contributed by atoms with Crippen LogP contribution in [-0.4, -0.2) is 18.0 Å². The first-order valence-corrected chi connectivity index (χ1v) is 8.88. The van der Waals surface area contributed by atoms with Gasteiger partial charge < -0.3 is 5.32 Å². The molecule has 2 rings (SSSR count). The van der Waals surface area contributed by atoms with Gasteiger partial charge in [-0.15, -0.1) is 11.3 Å². The first kappa shape index (κ1) is 16.7. The Morgan fingerprint density at radius 3 is 2.52 bits per heavy atom. The minimum Gasteiger partial charge on any atom is -0.310 e. The zero-order chi connectivity index (χ0) is 15.2. The largest absolute Gasteiger partial charge is 0.310 e. The molecule has 0 saturated heterocycles. The van der Waals surface area contributed by atoms with E-state index in [1.165, 1.54) is 19.8 Å². The molecule has 0 unspecified atom stereocenters. The van der Waals surface area contributed by atoms with Crippen molar-refractivity contribution in [3.8, 4) is 0 Å². The molecule has 2 aromatic rings. The highest BCUT2D eigenvalue weighted by Gasteiger charge is 2.07. The van der Waals surface area contributed by atoms with E-state index in [0.717, 1.165) is 19.6 Å². The molecule has 0 saturated carbocycles. The van der Waals surface area contributed by atoms with Gasteiger partial charge in [-0.25, -0.2) is 0 Å². The van der Waals surface area contributed by atoms with Crippen LogP contribution in [0.3, 0.4) is 0 Å². The smallest absolute Gasteiger partial charge is 0.0328 e. The van der Waals surface area contributed by atoms with Crippen molar-refractivity contribution < 1.29 is 0 Å². The number of benzene rings is 1. The first-order valence-electron chi connectivity index (χ1n) is 7.27. The van der Waals surface area contributed by atoms with Crippen LogP contribution < -0.4 is 5.32 Å². The van der Waals surface area contributed by atoms with Crippen LogP contribution in [0, 0.1) is 0 Å². The molecule has 0 spiro atoms. The van der Waals surface area contributed by atoms with Crippen molar-refractivity contribution in [2.75, 3.05) is 7.05 Å². The molecule has 0 radical (unpaired) electrons. The van der Waals surface area contributed by atoms with Crippen molar-refractivity contribution in [2.24, 2.45) is 0 Å². The predicted molar refractivity (Wildman–Crippen MR) is 95.6 cm³/mol. The van der Waals surface area contributed by atoms with Gasteiger partial charge in [0, 0.05) is 39.9 Å². The van der Waals surface area contributed by atoms with E-state index < -0.39 is 0 Å². The Hall–Kier alpha value is -0.680. The van der Waals surface area contributed by atoms with Gasteiger partial charge in [-0.05, 0) is 30.8 Å². The fourth-order valence-corrected chi connectivity index (χ4v) is 3.61. The molecule has 1 aromatic heterocycles. The SMILES string of the molecule is CC(C)NCc1ccc(CN(C)Cc2ccccc2Br)s1. The summed E-state index contributed by atoms with van der Waals surface area (Å²) in [5.41, 5.74) is 1.33. The Morgan fingerprint density at radius 1 is 1.10 bits per heavy atom. The van der Waals surface area contributed by atoms with Gasteiger partial charge in [0.1, 0.15) is 0 Å². The molecular formula is C17H23BrN2S. The third kappa shape index (κ3) is 5.55. The quantitative estimate of drug-likeness (QED) is 0.767. The lowest BCUT2D eigenvalue weighted by Crippen LogP contribution is -2.21. The maximum absolute atomic E-state index is 3.62. The van der Waals surface area contributed by atoms with Crippen LogP contribution in [0.2, 0.25) is 0 Å². The maximum atomic E-state index is 3.62. The van der Waals surface area contributed by atoms with Crippen molar-refractivity contribution in [3.63, 3.8) is 0 Å². The van der Waals surface area contributed by atoms with Crippen molar-refractivity contribution in [2.45, 2.75) is 39.5 Å². The highest BCUT2D eigenvalue weighted by Crippen LogP contribution is 2.21. The Bertz CT molecular complexity index is 565. The van der Waals surface area contributed by atoms with Crippen LogP contribution in [0.25, 0.3) is 0 Å². The Morgan fingerprint density at radius 2 is 1.81 bits per heavy atom. The van der Waals surface area contributed by atoms with Gasteiger partial charge in [0.15, 0.2) is 0 Å². The molecule has 0 aliphatic carbocycles. The molecule has 0 aliphatic heterocycles. The highest BCUT2D eigenvalue weighted by molar-refractivity contribution is 9.10. The molecule has 1 N–H and O–H groups in total. The fraction of sp³-hybridized carbons (Fsp3) is 0.412. The topological polar surface area (TPSA) is 15.3 Å². The van der Waals surface area contributed by atoms with Crippen LogP contribution in [0.15, 0.2) is 40.9 Å². The summed E-state index contributed by atoms with van der Waals surface area (Å²) >= 11 is 5.52. The fourth-order valence-electron chi connectivity index (χ4n) is 2.15. The van der Waals surface area contributed by atoms with Gasteiger partial charge >= 0.3 is 0 Å². The summed E-state index contributed by atoms with van der Waals surface area (Å²) < 4.78 is 1.19. The molecule has 1 heterocycles. The molecule has 0 fully saturated rings. The van der Waals surface area contributed by atoms with Crippen molar-refractivity contribution in [1.82, 2.24) is 10.2 Å². The number of hydrogen-bond donors (Lipinski definition) is 1. The van der Waals surface area contributed by atoms with Crippen LogP contribution >= 0.6 is 27.3 Å². The predicted octanol–water partition coefficient (Wildman–Crippen LogP) is 4.64. The Balaban J connectivity index is 1.88. The molecule has 0 bridgehead atoms. The molecule has 0 aliphatic rings. The molecule has 114 valence electrons. The van der Waals surface area contributed by atoms with E-state index in [1.807, 2.05) is 11.3 Å². The Kier molecular flexibility index (Phi) is 6.42. The van der Waals surface area contributed by atoms with E-state index >= 15 is 0 Å². The van der Waals surface area contributed by atoms with Gasteiger partial charge in [0.2, 0.25) is 0 Å². The normalized spacial score (nSPS) is 11.5. The average molecular weight is 367 g/mol. The van der Waals surface area contributed by atoms with E-state index in [1.54, 1.807) is 0 Å². The van der Waals surface area contributed by atoms with Crippen LogP contribution in [0.5, 0.6) is 0 Å². The lowest BCUT2D eigenvalue weighted by atomic mass is 10.2. The summed E-state index contributed by atoms with van der Waals surface area (Å²) in [4.78, 5) is 5.18. The summed E-state index contributed by atoms with van der Waals surface area (Å²) in [7, 11) is 2.17. The minimum absolute atomic E-state index is 0.536. The van der Waals surface area contributed by atoms with Gasteiger partial charge in [0.25, 0.3) is 0 Å². The summed E-state index contributed by atoms with van der Waals surface area (Å²) in [6.07, 6.45) is 0. The summed E-state index contributed by atoms with van der Waals surface area (Å²) in [6, 6.07) is 13.4. The van der Waals surface area contributed by atoms with Gasteiger partial charge in [-0.2, -0.15) is 0 Å². The third-order valence-corrected chi connectivity index (χ3v) is 5.07. The monoisotopic (exact) mass is 366 g/mol. The number of nitrogens with one attached hydrogen (secondary N) is 1. The molecule has 1 aromatic carbocycles. The summed E-state index contributed by atoms with van der Waals surface area (Å²) in [6.45, 7) is 7.28. The molecule has 4 heteroatoms. The van der Waals surface area contributed by atoms with E-state index in [-0.39, 0.29) is 0 Å². The van der Waals surface area contributed by atoms with Crippen LogP contribution in [0.1, 0.15) is 29.2 Å². The minimum atomic E-state index is 0.536. The number of hydrogen-bond acceptors (Lipinski definition) is 3. The van der Waals surface area contributed by atoms with Gasteiger partial charge in [0.05, 0.1) is 0 Å². The number of rotatable bonds is 7. The molecular weight excluding hydrogens is 344 g/mol. The summed E-state index contributed by atoms with van der Waals surface area (Å²) in [5, 5.41) is 3.47. The second-order valence-corrected chi connectivity index (χ2v) is 7.77. The number of nitrogens with zero attached hydrogens (tertiary/aromatic N) is 1. The highest BCUT2D eigenvalue weighted by atomic mass is 79.9. The van der Waals surface area contributed by atoms with E-state index in [9.17, 15) is 0 Å². The molecule has 0 atom stereocenters. The second-order valence-electron chi connectivity index (χ2n) is 5.67. The lowest BCUT2D eigenvalue weighted by Gasteiger charge is -2.16. The van der Waals surface area contributed by atoms with E-state index in [4.69, 9.17) is 0 Å². The van der Waals surface area contributed by atoms with Crippen molar-refractivity contribution in [3.05, 3.63) is 56.2 Å². The molecule has 21 heavy (non-hydrogen) atoms. The van der Waals surface area contributed by atoms with Crippen LogP contribution in [-0.2, 0) is 19.6 Å².